The molecule has 0 saturated carbocycles. The molecule has 0 atom stereocenters. The molecule has 2 aromatic rings. The number of rotatable bonds is 5. The fraction of sp³-hybridized carbons (Fsp3) is 0.125. The van der Waals surface area contributed by atoms with Crippen molar-refractivity contribution in [1.82, 2.24) is 5.32 Å². The molecule has 0 aliphatic rings. The number of carbonyl (C=O) groups excluding carboxylic acids is 2. The highest BCUT2D eigenvalue weighted by Crippen LogP contribution is 2.20. The van der Waals surface area contributed by atoms with Gasteiger partial charge in [-0.1, -0.05) is 24.3 Å². The molecule has 7 heteroatoms. The first-order valence-corrected chi connectivity index (χ1v) is 6.86. The minimum Gasteiger partial charge on any atom is -0.343 e. The molecule has 0 saturated heterocycles. The largest absolute Gasteiger partial charge is 0.343 e. The molecule has 0 unspecified atom stereocenters. The van der Waals surface area contributed by atoms with Crippen LogP contribution in [0, 0.1) is 17.0 Å². The molecular formula is C16H15N3O4. The maximum atomic E-state index is 12.1. The third kappa shape index (κ3) is 4.13. The van der Waals surface area contributed by atoms with Crippen LogP contribution in [0.4, 0.5) is 11.4 Å². The molecule has 2 N–H and O–H groups in total. The van der Waals surface area contributed by atoms with Crippen molar-refractivity contribution in [2.45, 2.75) is 6.92 Å². The SMILES string of the molecule is Cc1c(C(=O)NCC(=O)Nc2ccccc2)cccc1[N+](=O)[O-]. The summed E-state index contributed by atoms with van der Waals surface area (Å²) in [5.41, 5.74) is 0.926. The first-order chi connectivity index (χ1) is 11.0. The summed E-state index contributed by atoms with van der Waals surface area (Å²) >= 11 is 0. The third-order valence-corrected chi connectivity index (χ3v) is 3.21. The Bertz CT molecular complexity index is 744. The second-order valence-electron chi connectivity index (χ2n) is 4.80. The summed E-state index contributed by atoms with van der Waals surface area (Å²) in [5.74, 6) is -0.915. The van der Waals surface area contributed by atoms with E-state index in [1.54, 1.807) is 24.3 Å². The van der Waals surface area contributed by atoms with Crippen LogP contribution in [0.2, 0.25) is 0 Å². The molecule has 0 bridgehead atoms. The minimum atomic E-state index is -0.547. The van der Waals surface area contributed by atoms with Crippen LogP contribution in [0.3, 0.4) is 0 Å². The number of hydrogen-bond donors (Lipinski definition) is 2. The van der Waals surface area contributed by atoms with Crippen LogP contribution < -0.4 is 10.6 Å². The van der Waals surface area contributed by atoms with Gasteiger partial charge in [0.1, 0.15) is 0 Å². The second kappa shape index (κ2) is 7.17. The lowest BCUT2D eigenvalue weighted by Gasteiger charge is -2.08. The Kier molecular flexibility index (Phi) is 5.03. The molecule has 0 aliphatic heterocycles. The van der Waals surface area contributed by atoms with E-state index in [4.69, 9.17) is 0 Å². The molecule has 0 fully saturated rings. The number of para-hydroxylation sites is 1. The number of nitrogens with one attached hydrogen (secondary N) is 2. The van der Waals surface area contributed by atoms with Gasteiger partial charge in [0, 0.05) is 22.9 Å². The van der Waals surface area contributed by atoms with E-state index in [0.717, 1.165) is 0 Å². The number of hydrogen-bond acceptors (Lipinski definition) is 4. The molecule has 0 radical (unpaired) electrons. The van der Waals surface area contributed by atoms with Gasteiger partial charge in [-0.2, -0.15) is 0 Å². The minimum absolute atomic E-state index is 0.133. The van der Waals surface area contributed by atoms with Crippen molar-refractivity contribution in [3.8, 4) is 0 Å². The maximum Gasteiger partial charge on any atom is 0.273 e. The summed E-state index contributed by atoms with van der Waals surface area (Å²) in [6.07, 6.45) is 0. The molecule has 0 aliphatic carbocycles. The Morgan fingerprint density at radius 3 is 2.43 bits per heavy atom. The van der Waals surface area contributed by atoms with Crippen molar-refractivity contribution in [3.63, 3.8) is 0 Å². The van der Waals surface area contributed by atoms with Crippen LogP contribution in [0.5, 0.6) is 0 Å². The first kappa shape index (κ1) is 16.2. The predicted octanol–water partition coefficient (Wildman–Crippen LogP) is 2.27. The Morgan fingerprint density at radius 2 is 1.78 bits per heavy atom. The van der Waals surface area contributed by atoms with Crippen LogP contribution in [-0.2, 0) is 4.79 Å². The highest BCUT2D eigenvalue weighted by atomic mass is 16.6. The van der Waals surface area contributed by atoms with Crippen LogP contribution in [-0.4, -0.2) is 23.3 Å². The summed E-state index contributed by atoms with van der Waals surface area (Å²) < 4.78 is 0. The standard InChI is InChI=1S/C16H15N3O4/c1-11-13(8-5-9-14(11)19(22)23)16(21)17-10-15(20)18-12-6-3-2-4-7-12/h2-9H,10H2,1H3,(H,17,21)(H,18,20). The highest BCUT2D eigenvalue weighted by Gasteiger charge is 2.18. The van der Waals surface area contributed by atoms with E-state index in [0.29, 0.717) is 5.69 Å². The average molecular weight is 313 g/mol. The average Bonchev–Trinajstić information content (AvgIpc) is 2.53. The van der Waals surface area contributed by atoms with Gasteiger partial charge in [-0.25, -0.2) is 0 Å². The smallest absolute Gasteiger partial charge is 0.273 e. The topological polar surface area (TPSA) is 101 Å². The molecular weight excluding hydrogens is 298 g/mol. The summed E-state index contributed by atoms with van der Waals surface area (Å²) in [5, 5.41) is 16.0. The number of anilines is 1. The van der Waals surface area contributed by atoms with Crippen molar-refractivity contribution in [3.05, 3.63) is 69.8 Å². The van der Waals surface area contributed by atoms with E-state index in [1.807, 2.05) is 6.07 Å². The van der Waals surface area contributed by atoms with E-state index < -0.39 is 10.8 Å². The zero-order chi connectivity index (χ0) is 16.8. The predicted molar refractivity (Wildman–Crippen MR) is 85.2 cm³/mol. The molecule has 0 heterocycles. The maximum absolute atomic E-state index is 12.1. The van der Waals surface area contributed by atoms with Crippen molar-refractivity contribution in [1.29, 1.82) is 0 Å². The van der Waals surface area contributed by atoms with Crippen molar-refractivity contribution in [2.24, 2.45) is 0 Å². The van der Waals surface area contributed by atoms with Crippen molar-refractivity contribution < 1.29 is 14.5 Å². The van der Waals surface area contributed by atoms with Gasteiger partial charge >= 0.3 is 0 Å². The number of nitrogens with zero attached hydrogens (tertiary/aromatic N) is 1. The van der Waals surface area contributed by atoms with E-state index in [-0.39, 0.29) is 29.3 Å². The zero-order valence-electron chi connectivity index (χ0n) is 12.4. The quantitative estimate of drug-likeness (QED) is 0.653. The van der Waals surface area contributed by atoms with Gasteiger partial charge in [0.15, 0.2) is 0 Å². The Labute approximate surface area is 132 Å². The van der Waals surface area contributed by atoms with E-state index in [2.05, 4.69) is 10.6 Å². The van der Waals surface area contributed by atoms with E-state index in [9.17, 15) is 19.7 Å². The van der Waals surface area contributed by atoms with Crippen molar-refractivity contribution in [2.75, 3.05) is 11.9 Å². The summed E-state index contributed by atoms with van der Waals surface area (Å²) in [4.78, 5) is 34.2. The molecule has 0 spiro atoms. The Hall–Kier alpha value is -3.22. The fourth-order valence-corrected chi connectivity index (χ4v) is 2.05. The van der Waals surface area contributed by atoms with Gasteiger partial charge in [-0.3, -0.25) is 19.7 Å². The molecule has 2 rings (SSSR count). The van der Waals surface area contributed by atoms with Crippen LogP contribution in [0.15, 0.2) is 48.5 Å². The lowest BCUT2D eigenvalue weighted by atomic mass is 10.1. The molecule has 2 aromatic carbocycles. The Balaban J connectivity index is 1.99. The first-order valence-electron chi connectivity index (χ1n) is 6.86. The molecule has 7 nitrogen and oxygen atoms in total. The van der Waals surface area contributed by atoms with Crippen LogP contribution in [0.1, 0.15) is 15.9 Å². The van der Waals surface area contributed by atoms with Crippen LogP contribution in [0.25, 0.3) is 0 Å². The summed E-state index contributed by atoms with van der Waals surface area (Å²) in [6.45, 7) is 1.27. The lowest BCUT2D eigenvalue weighted by molar-refractivity contribution is -0.385. The number of benzene rings is 2. The molecule has 23 heavy (non-hydrogen) atoms. The van der Waals surface area contributed by atoms with Gasteiger partial charge in [0.05, 0.1) is 11.5 Å². The molecule has 0 aromatic heterocycles. The lowest BCUT2D eigenvalue weighted by Crippen LogP contribution is -2.33. The number of nitro benzene ring substituents is 1. The van der Waals surface area contributed by atoms with Crippen LogP contribution >= 0.6 is 0 Å². The zero-order valence-corrected chi connectivity index (χ0v) is 12.4. The van der Waals surface area contributed by atoms with Gasteiger partial charge in [-0.15, -0.1) is 0 Å². The number of carbonyl (C=O) groups is 2. The third-order valence-electron chi connectivity index (χ3n) is 3.21. The number of nitro groups is 1. The van der Waals surface area contributed by atoms with E-state index >= 15 is 0 Å². The Morgan fingerprint density at radius 1 is 1.09 bits per heavy atom. The summed E-state index contributed by atoms with van der Waals surface area (Å²) in [6, 6.07) is 13.1. The van der Waals surface area contributed by atoms with Gasteiger partial charge in [0.2, 0.25) is 5.91 Å². The van der Waals surface area contributed by atoms with Gasteiger partial charge < -0.3 is 10.6 Å². The number of amides is 2. The van der Waals surface area contributed by atoms with E-state index in [1.165, 1.54) is 25.1 Å². The van der Waals surface area contributed by atoms with Gasteiger partial charge in [-0.05, 0) is 25.1 Å². The fourth-order valence-electron chi connectivity index (χ4n) is 2.05. The normalized spacial score (nSPS) is 9.96. The molecule has 118 valence electrons. The summed E-state index contributed by atoms with van der Waals surface area (Å²) in [7, 11) is 0. The molecule has 2 amide bonds. The second-order valence-corrected chi connectivity index (χ2v) is 4.80. The highest BCUT2D eigenvalue weighted by molar-refractivity contribution is 6.00. The van der Waals surface area contributed by atoms with Gasteiger partial charge in [0.25, 0.3) is 11.6 Å². The van der Waals surface area contributed by atoms with Crippen molar-refractivity contribution >= 4 is 23.2 Å². The monoisotopic (exact) mass is 313 g/mol.